The number of carbonyl (C=O) groups is 2. The molecule has 2 N–H and O–H groups in total. The van der Waals surface area contributed by atoms with E-state index in [1.165, 1.54) is 0 Å². The molecule has 0 bridgehead atoms. The van der Waals surface area contributed by atoms with Crippen LogP contribution in [0.4, 0.5) is 0 Å². The lowest BCUT2D eigenvalue weighted by atomic mass is 10.0. The fraction of sp³-hybridized carbons (Fsp3) is 0.294. The third kappa shape index (κ3) is 3.97. The lowest BCUT2D eigenvalue weighted by molar-refractivity contribution is -0.142. The Hall–Kier alpha value is -2.56. The maximum absolute atomic E-state index is 12.0. The molecule has 2 aromatic rings. The van der Waals surface area contributed by atoms with E-state index in [4.69, 9.17) is 4.42 Å². The average Bonchev–Trinajstić information content (AvgIpc) is 2.98. The van der Waals surface area contributed by atoms with Crippen molar-refractivity contribution >= 4 is 11.9 Å². The van der Waals surface area contributed by atoms with Crippen LogP contribution in [0.3, 0.4) is 0 Å². The first-order chi connectivity index (χ1) is 10.5. The molecule has 2 rings (SSSR count). The second kappa shape index (κ2) is 6.93. The molecule has 0 aliphatic heterocycles. The van der Waals surface area contributed by atoms with Crippen LogP contribution in [0.2, 0.25) is 0 Å². The number of carboxylic acid groups (broad SMARTS) is 1. The van der Waals surface area contributed by atoms with Gasteiger partial charge in [-0.2, -0.15) is 0 Å². The van der Waals surface area contributed by atoms with Crippen molar-refractivity contribution in [3.63, 3.8) is 0 Å². The van der Waals surface area contributed by atoms with Crippen LogP contribution in [0.1, 0.15) is 34.7 Å². The Kier molecular flexibility index (Phi) is 4.99. The quantitative estimate of drug-likeness (QED) is 0.860. The number of carbonyl (C=O) groups excluding carboxylic acids is 1. The zero-order valence-electron chi connectivity index (χ0n) is 12.6. The van der Waals surface area contributed by atoms with Gasteiger partial charge >= 0.3 is 5.97 Å². The summed E-state index contributed by atoms with van der Waals surface area (Å²) in [5, 5.41) is 11.9. The van der Waals surface area contributed by atoms with Crippen molar-refractivity contribution in [2.45, 2.75) is 32.7 Å². The predicted octanol–water partition coefficient (Wildman–Crippen LogP) is 2.77. The zero-order valence-corrected chi connectivity index (χ0v) is 12.6. The summed E-state index contributed by atoms with van der Waals surface area (Å²) < 4.78 is 4.93. The van der Waals surface area contributed by atoms with Crippen molar-refractivity contribution in [1.82, 2.24) is 5.32 Å². The number of rotatable bonds is 6. The SMILES string of the molecule is Cc1ccc(C(NC(=O)CCc2ccoc2)C(=O)O)cc1C. The summed E-state index contributed by atoms with van der Waals surface area (Å²) in [4.78, 5) is 23.4. The van der Waals surface area contributed by atoms with Gasteiger partial charge in [0, 0.05) is 6.42 Å². The first kappa shape index (κ1) is 15.8. The molecule has 22 heavy (non-hydrogen) atoms. The van der Waals surface area contributed by atoms with Crippen LogP contribution in [0.5, 0.6) is 0 Å². The highest BCUT2D eigenvalue weighted by Gasteiger charge is 2.22. The molecule has 5 heteroatoms. The average molecular weight is 301 g/mol. The van der Waals surface area contributed by atoms with E-state index in [9.17, 15) is 14.7 Å². The number of benzene rings is 1. The van der Waals surface area contributed by atoms with Crippen LogP contribution in [-0.4, -0.2) is 17.0 Å². The number of aliphatic carboxylic acids is 1. The Morgan fingerprint density at radius 3 is 2.59 bits per heavy atom. The van der Waals surface area contributed by atoms with Gasteiger partial charge in [0.15, 0.2) is 6.04 Å². The largest absolute Gasteiger partial charge is 0.479 e. The summed E-state index contributed by atoms with van der Waals surface area (Å²) in [6.45, 7) is 3.87. The van der Waals surface area contributed by atoms with E-state index in [0.717, 1.165) is 16.7 Å². The van der Waals surface area contributed by atoms with E-state index in [2.05, 4.69) is 5.32 Å². The Balaban J connectivity index is 2.03. The molecule has 116 valence electrons. The van der Waals surface area contributed by atoms with Crippen molar-refractivity contribution < 1.29 is 19.1 Å². The number of hydrogen-bond donors (Lipinski definition) is 2. The van der Waals surface area contributed by atoms with Crippen LogP contribution in [0, 0.1) is 13.8 Å². The van der Waals surface area contributed by atoms with Crippen LogP contribution >= 0.6 is 0 Å². The molecule has 1 unspecified atom stereocenters. The van der Waals surface area contributed by atoms with E-state index in [-0.39, 0.29) is 12.3 Å². The molecule has 1 aromatic carbocycles. The number of amides is 1. The summed E-state index contributed by atoms with van der Waals surface area (Å²) >= 11 is 0. The number of furan rings is 1. The topological polar surface area (TPSA) is 79.5 Å². The molecule has 5 nitrogen and oxygen atoms in total. The van der Waals surface area contributed by atoms with Gasteiger partial charge in [0.1, 0.15) is 0 Å². The smallest absolute Gasteiger partial charge is 0.330 e. The predicted molar refractivity (Wildman–Crippen MR) is 81.5 cm³/mol. The highest BCUT2D eigenvalue weighted by molar-refractivity contribution is 5.84. The molecule has 0 aliphatic carbocycles. The molecule has 0 aliphatic rings. The molecule has 0 radical (unpaired) electrons. The molecule has 1 heterocycles. The van der Waals surface area contributed by atoms with Gasteiger partial charge in [-0.1, -0.05) is 18.2 Å². The first-order valence-electron chi connectivity index (χ1n) is 7.08. The first-order valence-corrected chi connectivity index (χ1v) is 7.08. The minimum absolute atomic E-state index is 0.216. The fourth-order valence-electron chi connectivity index (χ4n) is 2.16. The van der Waals surface area contributed by atoms with E-state index in [0.29, 0.717) is 12.0 Å². The monoisotopic (exact) mass is 301 g/mol. The van der Waals surface area contributed by atoms with E-state index in [1.54, 1.807) is 30.7 Å². The van der Waals surface area contributed by atoms with Crippen LogP contribution in [0.25, 0.3) is 0 Å². The molecule has 0 spiro atoms. The van der Waals surface area contributed by atoms with Crippen molar-refractivity contribution in [1.29, 1.82) is 0 Å². The number of carboxylic acids is 1. The molecule has 1 amide bonds. The second-order valence-electron chi connectivity index (χ2n) is 5.31. The zero-order chi connectivity index (χ0) is 16.1. The van der Waals surface area contributed by atoms with Gasteiger partial charge in [-0.15, -0.1) is 0 Å². The number of nitrogens with one attached hydrogen (secondary N) is 1. The van der Waals surface area contributed by atoms with Gasteiger partial charge in [0.25, 0.3) is 0 Å². The molecule has 1 aromatic heterocycles. The lowest BCUT2D eigenvalue weighted by Gasteiger charge is -2.16. The second-order valence-corrected chi connectivity index (χ2v) is 5.31. The maximum atomic E-state index is 12.0. The van der Waals surface area contributed by atoms with Crippen molar-refractivity contribution in [2.75, 3.05) is 0 Å². The van der Waals surface area contributed by atoms with E-state index in [1.807, 2.05) is 19.9 Å². The van der Waals surface area contributed by atoms with Crippen LogP contribution in [-0.2, 0) is 16.0 Å². The normalized spacial score (nSPS) is 11.9. The third-order valence-corrected chi connectivity index (χ3v) is 3.64. The van der Waals surface area contributed by atoms with Gasteiger partial charge in [-0.05, 0) is 48.6 Å². The van der Waals surface area contributed by atoms with Crippen LogP contribution in [0.15, 0.2) is 41.2 Å². The van der Waals surface area contributed by atoms with Gasteiger partial charge < -0.3 is 14.8 Å². The molecular formula is C17H19NO4. The maximum Gasteiger partial charge on any atom is 0.330 e. The number of hydrogen-bond acceptors (Lipinski definition) is 3. The minimum Gasteiger partial charge on any atom is -0.479 e. The van der Waals surface area contributed by atoms with Gasteiger partial charge in [-0.3, -0.25) is 4.79 Å². The third-order valence-electron chi connectivity index (χ3n) is 3.64. The van der Waals surface area contributed by atoms with Crippen molar-refractivity contribution in [2.24, 2.45) is 0 Å². The van der Waals surface area contributed by atoms with Crippen LogP contribution < -0.4 is 5.32 Å². The van der Waals surface area contributed by atoms with Gasteiger partial charge in [0.2, 0.25) is 5.91 Å². The summed E-state index contributed by atoms with van der Waals surface area (Å²) in [5.74, 6) is -1.37. The lowest BCUT2D eigenvalue weighted by Crippen LogP contribution is -2.33. The van der Waals surface area contributed by atoms with Crippen molar-refractivity contribution in [3.8, 4) is 0 Å². The Bertz CT molecular complexity index is 661. The standard InChI is InChI=1S/C17H19NO4/c1-11-3-5-14(9-12(11)2)16(17(20)21)18-15(19)6-4-13-7-8-22-10-13/h3,5,7-10,16H,4,6H2,1-2H3,(H,18,19)(H,20,21). The number of aryl methyl sites for hydroxylation is 3. The van der Waals surface area contributed by atoms with Crippen molar-refractivity contribution in [3.05, 3.63) is 59.0 Å². The minimum atomic E-state index is -1.07. The molecule has 0 saturated carbocycles. The highest BCUT2D eigenvalue weighted by atomic mass is 16.4. The summed E-state index contributed by atoms with van der Waals surface area (Å²) in [6.07, 6.45) is 3.85. The Morgan fingerprint density at radius 1 is 1.23 bits per heavy atom. The van der Waals surface area contributed by atoms with Gasteiger partial charge in [-0.25, -0.2) is 4.79 Å². The summed E-state index contributed by atoms with van der Waals surface area (Å²) in [7, 11) is 0. The molecule has 0 saturated heterocycles. The molecule has 0 fully saturated rings. The molecular weight excluding hydrogens is 282 g/mol. The fourth-order valence-corrected chi connectivity index (χ4v) is 2.16. The highest BCUT2D eigenvalue weighted by Crippen LogP contribution is 2.18. The Morgan fingerprint density at radius 2 is 2.00 bits per heavy atom. The summed E-state index contributed by atoms with van der Waals surface area (Å²) in [5.41, 5.74) is 3.57. The van der Waals surface area contributed by atoms with Gasteiger partial charge in [0.05, 0.1) is 12.5 Å². The Labute approximate surface area is 129 Å². The summed E-state index contributed by atoms with van der Waals surface area (Å²) in [6, 6.07) is 6.14. The molecule has 1 atom stereocenters. The van der Waals surface area contributed by atoms with E-state index < -0.39 is 12.0 Å². The van der Waals surface area contributed by atoms with E-state index >= 15 is 0 Å².